The molecule has 1 rings (SSSR count). The van der Waals surface area contributed by atoms with E-state index in [0.717, 1.165) is 11.3 Å². The van der Waals surface area contributed by atoms with Gasteiger partial charge < -0.3 is 20.8 Å². The Labute approximate surface area is 127 Å². The number of amides is 3. The molecule has 0 fully saturated rings. The number of carbonyl (C=O) groups excluding carboxylic acids is 1. The second-order valence-electron chi connectivity index (χ2n) is 3.78. The second-order valence-corrected chi connectivity index (χ2v) is 5.45. The Bertz CT molecular complexity index is 571. The summed E-state index contributed by atoms with van der Waals surface area (Å²) in [6, 6.07) is -1.02. The SMILES string of the molecule is O=C(O)NCCC[C@H](NC(=O)O)C(=O)Nc1n[nH]c(=S)s1. The summed E-state index contributed by atoms with van der Waals surface area (Å²) in [6.45, 7) is 0.113. The number of carbonyl (C=O) groups is 3. The van der Waals surface area contributed by atoms with E-state index in [9.17, 15) is 14.4 Å². The van der Waals surface area contributed by atoms with Gasteiger partial charge in [-0.2, -0.15) is 0 Å². The van der Waals surface area contributed by atoms with Gasteiger partial charge in [-0.3, -0.25) is 15.2 Å². The lowest BCUT2D eigenvalue weighted by molar-refractivity contribution is -0.118. The van der Waals surface area contributed by atoms with Crippen molar-refractivity contribution in [3.63, 3.8) is 0 Å². The fourth-order valence-electron chi connectivity index (χ4n) is 1.40. The van der Waals surface area contributed by atoms with Gasteiger partial charge in [0.05, 0.1) is 0 Å². The predicted octanol–water partition coefficient (Wildman–Crippen LogP) is 0.823. The Morgan fingerprint density at radius 1 is 1.33 bits per heavy atom. The lowest BCUT2D eigenvalue weighted by Gasteiger charge is -2.15. The minimum atomic E-state index is -1.35. The van der Waals surface area contributed by atoms with Crippen LogP contribution in [0.25, 0.3) is 0 Å². The van der Waals surface area contributed by atoms with Crippen LogP contribution in [0.5, 0.6) is 0 Å². The molecular formula is C9H13N5O5S2. The molecular weight excluding hydrogens is 322 g/mol. The normalized spacial score (nSPS) is 11.4. The first-order valence-electron chi connectivity index (χ1n) is 5.71. The minimum Gasteiger partial charge on any atom is -0.465 e. The largest absolute Gasteiger partial charge is 0.465 e. The summed E-state index contributed by atoms with van der Waals surface area (Å²) in [6.07, 6.45) is -2.11. The van der Waals surface area contributed by atoms with E-state index in [1.807, 2.05) is 0 Å². The van der Waals surface area contributed by atoms with Crippen molar-refractivity contribution in [2.75, 3.05) is 11.9 Å². The Hall–Kier alpha value is -2.21. The molecule has 116 valence electrons. The van der Waals surface area contributed by atoms with Crippen LogP contribution in [0.1, 0.15) is 12.8 Å². The molecule has 0 bridgehead atoms. The Balaban J connectivity index is 2.54. The van der Waals surface area contributed by atoms with Gasteiger partial charge >= 0.3 is 12.2 Å². The Morgan fingerprint density at radius 3 is 2.57 bits per heavy atom. The summed E-state index contributed by atoms with van der Waals surface area (Å²) in [4.78, 5) is 32.9. The van der Waals surface area contributed by atoms with Gasteiger partial charge in [-0.15, -0.1) is 5.10 Å². The number of anilines is 1. The van der Waals surface area contributed by atoms with Crippen molar-refractivity contribution in [2.45, 2.75) is 18.9 Å². The average Bonchev–Trinajstić information content (AvgIpc) is 2.77. The van der Waals surface area contributed by atoms with Crippen molar-refractivity contribution >= 4 is 46.8 Å². The molecule has 12 heteroatoms. The zero-order valence-electron chi connectivity index (χ0n) is 10.6. The molecule has 0 aliphatic rings. The van der Waals surface area contributed by atoms with E-state index in [1.54, 1.807) is 0 Å². The summed E-state index contributed by atoms with van der Waals surface area (Å²) < 4.78 is 0.374. The highest BCUT2D eigenvalue weighted by atomic mass is 32.1. The lowest BCUT2D eigenvalue weighted by Crippen LogP contribution is -2.43. The third kappa shape index (κ3) is 6.67. The van der Waals surface area contributed by atoms with Crippen LogP contribution in [0, 0.1) is 3.95 Å². The molecule has 0 unspecified atom stereocenters. The number of nitrogens with zero attached hydrogens (tertiary/aromatic N) is 1. The minimum absolute atomic E-state index is 0.113. The quantitative estimate of drug-likeness (QED) is 0.318. The fourth-order valence-corrected chi connectivity index (χ4v) is 2.19. The van der Waals surface area contributed by atoms with Crippen molar-refractivity contribution in [1.82, 2.24) is 20.8 Å². The zero-order valence-corrected chi connectivity index (χ0v) is 12.2. The molecule has 1 atom stereocenters. The van der Waals surface area contributed by atoms with Crippen molar-refractivity contribution in [1.29, 1.82) is 0 Å². The molecule has 0 radical (unpaired) electrons. The van der Waals surface area contributed by atoms with Gasteiger partial charge in [0.15, 0.2) is 3.95 Å². The topological polar surface area (TPSA) is 156 Å². The molecule has 0 aliphatic carbocycles. The van der Waals surface area contributed by atoms with Crippen LogP contribution in [0.4, 0.5) is 14.7 Å². The standard InChI is InChI=1S/C9H13N5O5S2/c15-5(12-6-13-14-9(20)21-6)4(11-8(18)19)2-1-3-10-7(16)17/h4,10-11H,1-3H2,(H,14,20)(H,16,17)(H,18,19)(H,12,13,15)/t4-/m0/s1. The van der Waals surface area contributed by atoms with Crippen LogP contribution in [0.15, 0.2) is 0 Å². The first-order chi connectivity index (χ1) is 9.88. The predicted molar refractivity (Wildman–Crippen MR) is 76.1 cm³/mol. The average molecular weight is 335 g/mol. The maximum Gasteiger partial charge on any atom is 0.405 e. The molecule has 0 aliphatic heterocycles. The van der Waals surface area contributed by atoms with Gasteiger partial charge in [0.25, 0.3) is 0 Å². The summed E-state index contributed by atoms with van der Waals surface area (Å²) in [5, 5.41) is 30.2. The van der Waals surface area contributed by atoms with Crippen LogP contribution in [-0.4, -0.2) is 51.1 Å². The highest BCUT2D eigenvalue weighted by Gasteiger charge is 2.21. The molecule has 0 spiro atoms. The van der Waals surface area contributed by atoms with Gasteiger partial charge in [-0.25, -0.2) is 9.59 Å². The summed E-state index contributed by atoms with van der Waals surface area (Å²) in [7, 11) is 0. The van der Waals surface area contributed by atoms with Crippen LogP contribution < -0.4 is 16.0 Å². The maximum atomic E-state index is 11.9. The van der Waals surface area contributed by atoms with Gasteiger partial charge in [0.1, 0.15) is 6.04 Å². The monoisotopic (exact) mass is 335 g/mol. The number of aromatic amines is 1. The third-order valence-electron chi connectivity index (χ3n) is 2.23. The zero-order chi connectivity index (χ0) is 15.8. The smallest absolute Gasteiger partial charge is 0.405 e. The van der Waals surface area contributed by atoms with Gasteiger partial charge in [0, 0.05) is 6.54 Å². The van der Waals surface area contributed by atoms with Gasteiger partial charge in [0.2, 0.25) is 11.0 Å². The number of aromatic nitrogens is 2. The first kappa shape index (κ1) is 16.8. The molecule has 21 heavy (non-hydrogen) atoms. The Kier molecular flexibility index (Phi) is 6.55. The number of H-pyrrole nitrogens is 1. The highest BCUT2D eigenvalue weighted by molar-refractivity contribution is 7.73. The number of nitrogens with one attached hydrogen (secondary N) is 4. The van der Waals surface area contributed by atoms with Crippen LogP contribution in [0.3, 0.4) is 0 Å². The Morgan fingerprint density at radius 2 is 2.05 bits per heavy atom. The number of hydrogen-bond acceptors (Lipinski definition) is 6. The molecule has 1 aromatic heterocycles. The highest BCUT2D eigenvalue weighted by Crippen LogP contribution is 2.11. The van der Waals surface area contributed by atoms with Gasteiger partial charge in [-0.1, -0.05) is 11.3 Å². The van der Waals surface area contributed by atoms with E-state index in [0.29, 0.717) is 10.4 Å². The van der Waals surface area contributed by atoms with Crippen LogP contribution in [-0.2, 0) is 4.79 Å². The van der Waals surface area contributed by atoms with E-state index in [2.05, 4.69) is 26.1 Å². The molecule has 0 saturated carbocycles. The fraction of sp³-hybridized carbons (Fsp3) is 0.444. The van der Waals surface area contributed by atoms with Crippen molar-refractivity contribution in [3.05, 3.63) is 3.95 Å². The molecule has 0 saturated heterocycles. The summed E-state index contributed by atoms with van der Waals surface area (Å²) >= 11 is 5.84. The maximum absolute atomic E-state index is 11.9. The molecule has 10 nitrogen and oxygen atoms in total. The number of rotatable bonds is 7. The molecule has 1 aromatic rings. The van der Waals surface area contributed by atoms with Crippen LogP contribution >= 0.6 is 23.6 Å². The number of carboxylic acid groups (broad SMARTS) is 2. The van der Waals surface area contributed by atoms with E-state index in [-0.39, 0.29) is 18.1 Å². The summed E-state index contributed by atoms with van der Waals surface area (Å²) in [5.74, 6) is -0.592. The molecule has 3 amide bonds. The molecule has 1 heterocycles. The van der Waals surface area contributed by atoms with Crippen molar-refractivity contribution in [3.8, 4) is 0 Å². The first-order valence-corrected chi connectivity index (χ1v) is 6.93. The third-order valence-corrected chi connectivity index (χ3v) is 3.23. The lowest BCUT2D eigenvalue weighted by atomic mass is 10.1. The second kappa shape index (κ2) is 8.16. The number of hydrogen-bond donors (Lipinski definition) is 6. The van der Waals surface area contributed by atoms with E-state index in [1.165, 1.54) is 0 Å². The van der Waals surface area contributed by atoms with E-state index in [4.69, 9.17) is 22.4 Å². The molecule has 0 aromatic carbocycles. The molecule has 6 N–H and O–H groups in total. The van der Waals surface area contributed by atoms with Crippen LogP contribution in [0.2, 0.25) is 0 Å². The summed E-state index contributed by atoms with van der Waals surface area (Å²) in [5.41, 5.74) is 0. The van der Waals surface area contributed by atoms with Crippen molar-refractivity contribution < 1.29 is 24.6 Å². The van der Waals surface area contributed by atoms with E-state index < -0.39 is 24.1 Å². The van der Waals surface area contributed by atoms with E-state index >= 15 is 0 Å². The van der Waals surface area contributed by atoms with Crippen molar-refractivity contribution in [2.24, 2.45) is 0 Å². The van der Waals surface area contributed by atoms with Gasteiger partial charge in [-0.05, 0) is 25.1 Å².